The second-order valence-corrected chi connectivity index (χ2v) is 10.5. The van der Waals surface area contributed by atoms with Crippen LogP contribution in [-0.2, 0) is 54.3 Å². The molecule has 0 radical (unpaired) electrons. The number of aromatic nitrogens is 2. The van der Waals surface area contributed by atoms with Gasteiger partial charge in [0.2, 0.25) is 5.91 Å². The molecule has 2 aromatic heterocycles. The minimum absolute atomic E-state index is 0.152. The van der Waals surface area contributed by atoms with Crippen LogP contribution < -0.4 is 5.32 Å². The fourth-order valence-corrected chi connectivity index (χ4v) is 5.77. The van der Waals surface area contributed by atoms with Crippen LogP contribution in [0, 0.1) is 0 Å². The van der Waals surface area contributed by atoms with Gasteiger partial charge in [-0.25, -0.2) is 4.98 Å². The number of aldehydes is 1. The van der Waals surface area contributed by atoms with E-state index >= 15 is 0 Å². The lowest BCUT2D eigenvalue weighted by Gasteiger charge is -2.33. The maximum Gasteiger partial charge on any atom is 0.239 e. The number of carbonyl (C=O) groups excluding carboxylic acids is 2. The van der Waals surface area contributed by atoms with Gasteiger partial charge in [-0.2, -0.15) is 5.06 Å². The molecule has 0 saturated carbocycles. The molecule has 0 aliphatic carbocycles. The van der Waals surface area contributed by atoms with E-state index in [0.29, 0.717) is 26.0 Å². The lowest BCUT2D eigenvalue weighted by atomic mass is 9.99. The summed E-state index contributed by atoms with van der Waals surface area (Å²) in [6, 6.07) is 18.9. The van der Waals surface area contributed by atoms with Gasteiger partial charge >= 0.3 is 0 Å². The number of aryl methyl sites for hydroxylation is 1. The van der Waals surface area contributed by atoms with Crippen molar-refractivity contribution in [1.82, 2.24) is 24.8 Å². The molecule has 2 aliphatic heterocycles. The number of nitrogens with zero attached hydrogens (tertiary/aromatic N) is 4. The van der Waals surface area contributed by atoms with Gasteiger partial charge in [-0.1, -0.05) is 36.4 Å². The molecule has 4 aromatic rings. The van der Waals surface area contributed by atoms with E-state index in [1.54, 1.807) is 12.1 Å². The van der Waals surface area contributed by atoms with Crippen LogP contribution in [0.3, 0.4) is 0 Å². The highest BCUT2D eigenvalue weighted by atomic mass is 16.7. The molecular weight excluding hydrogens is 490 g/mol. The number of rotatable bonds is 8. The number of amides is 1. The highest BCUT2D eigenvalue weighted by molar-refractivity contribution is 5.84. The Bertz CT molecular complexity index is 1520. The molecule has 1 unspecified atom stereocenters. The molecule has 8 nitrogen and oxygen atoms in total. The molecule has 8 heteroatoms. The number of carbonyl (C=O) groups is 2. The zero-order valence-corrected chi connectivity index (χ0v) is 22.4. The number of fused-ring (bicyclic) bond motifs is 3. The van der Waals surface area contributed by atoms with Crippen molar-refractivity contribution < 1.29 is 14.4 Å². The fraction of sp³-hybridized carbons (Fsp3) is 0.323. The number of pyridine rings is 1. The third-order valence-electron chi connectivity index (χ3n) is 7.89. The standard InChI is InChI=1S/C31H33N5O3/c1-32-31(38)29(8-5-13-37)36-19-25-14-21(9-10-24(25)20-39-36)28-15-26(27-11-12-34(2)30(27)33-28)18-35-16-22-6-3-4-7-23(22)17-35/h3-4,6-7,9-15,29H,5,8,16-20H2,1-2H3,(H,32,38). The summed E-state index contributed by atoms with van der Waals surface area (Å²) in [5.74, 6) is -0.152. The quantitative estimate of drug-likeness (QED) is 0.351. The molecule has 0 spiro atoms. The molecule has 39 heavy (non-hydrogen) atoms. The SMILES string of the molecule is CNC(=O)C(CCC=O)N1Cc2cc(-c3cc(CN4Cc5ccccc5C4)c4ccn(C)c4n3)ccc2CO1. The average Bonchev–Trinajstić information content (AvgIpc) is 3.55. The number of likely N-dealkylation sites (N-methyl/N-ethyl adjacent to an activating group) is 1. The van der Waals surface area contributed by atoms with E-state index in [-0.39, 0.29) is 5.91 Å². The van der Waals surface area contributed by atoms with Crippen LogP contribution in [-0.4, -0.2) is 44.8 Å². The van der Waals surface area contributed by atoms with Gasteiger partial charge in [0, 0.05) is 57.3 Å². The molecule has 0 fully saturated rings. The predicted octanol–water partition coefficient (Wildman–Crippen LogP) is 4.10. The van der Waals surface area contributed by atoms with Gasteiger partial charge in [0.1, 0.15) is 18.0 Å². The molecule has 200 valence electrons. The summed E-state index contributed by atoms with van der Waals surface area (Å²) in [6.07, 6.45) is 3.63. The maximum atomic E-state index is 12.5. The van der Waals surface area contributed by atoms with Crippen LogP contribution in [0.15, 0.2) is 60.8 Å². The molecule has 2 aromatic carbocycles. The number of benzene rings is 2. The summed E-state index contributed by atoms with van der Waals surface area (Å²) in [4.78, 5) is 37.0. The smallest absolute Gasteiger partial charge is 0.239 e. The van der Waals surface area contributed by atoms with Gasteiger partial charge in [0.15, 0.2) is 0 Å². The van der Waals surface area contributed by atoms with Crippen molar-refractivity contribution in [3.8, 4) is 11.3 Å². The van der Waals surface area contributed by atoms with Crippen LogP contribution in [0.25, 0.3) is 22.3 Å². The largest absolute Gasteiger partial charge is 0.358 e. The first-order valence-electron chi connectivity index (χ1n) is 13.4. The van der Waals surface area contributed by atoms with Crippen molar-refractivity contribution in [2.24, 2.45) is 7.05 Å². The van der Waals surface area contributed by atoms with Crippen molar-refractivity contribution in [2.75, 3.05) is 7.05 Å². The van der Waals surface area contributed by atoms with Crippen molar-refractivity contribution in [1.29, 1.82) is 0 Å². The second kappa shape index (κ2) is 10.7. The average molecular weight is 524 g/mol. The van der Waals surface area contributed by atoms with Crippen LogP contribution >= 0.6 is 0 Å². The van der Waals surface area contributed by atoms with Gasteiger partial charge < -0.3 is 14.7 Å². The van der Waals surface area contributed by atoms with E-state index in [1.165, 1.54) is 22.1 Å². The number of nitrogens with one attached hydrogen (secondary N) is 1. The van der Waals surface area contributed by atoms with E-state index in [4.69, 9.17) is 9.82 Å². The van der Waals surface area contributed by atoms with Crippen LogP contribution in [0.5, 0.6) is 0 Å². The van der Waals surface area contributed by atoms with Gasteiger partial charge in [-0.3, -0.25) is 14.5 Å². The third kappa shape index (κ3) is 4.98. The van der Waals surface area contributed by atoms with Crippen molar-refractivity contribution >= 4 is 23.2 Å². The Kier molecular flexibility index (Phi) is 6.99. The summed E-state index contributed by atoms with van der Waals surface area (Å²) in [7, 11) is 3.64. The minimum atomic E-state index is -0.522. The Morgan fingerprint density at radius 1 is 1.05 bits per heavy atom. The van der Waals surface area contributed by atoms with Crippen LogP contribution in [0.1, 0.15) is 40.7 Å². The van der Waals surface area contributed by atoms with E-state index in [2.05, 4.69) is 75.6 Å². The van der Waals surface area contributed by atoms with Crippen molar-refractivity contribution in [3.05, 3.63) is 88.6 Å². The highest BCUT2D eigenvalue weighted by Gasteiger charge is 2.30. The highest BCUT2D eigenvalue weighted by Crippen LogP contribution is 2.32. The third-order valence-corrected chi connectivity index (χ3v) is 7.89. The zero-order valence-electron chi connectivity index (χ0n) is 22.4. The van der Waals surface area contributed by atoms with Crippen molar-refractivity contribution in [3.63, 3.8) is 0 Å². The molecule has 1 atom stereocenters. The molecule has 4 heterocycles. The normalized spacial score (nSPS) is 16.2. The Labute approximate surface area is 228 Å². The van der Waals surface area contributed by atoms with E-state index < -0.39 is 6.04 Å². The first kappa shape index (κ1) is 25.4. The molecular formula is C31H33N5O3. The first-order chi connectivity index (χ1) is 19.0. The maximum absolute atomic E-state index is 12.5. The van der Waals surface area contributed by atoms with Gasteiger partial charge in [0.05, 0.1) is 18.8 Å². The van der Waals surface area contributed by atoms with Gasteiger partial charge in [0.25, 0.3) is 0 Å². The zero-order chi connectivity index (χ0) is 26.9. The second-order valence-electron chi connectivity index (χ2n) is 10.5. The van der Waals surface area contributed by atoms with E-state index in [1.807, 2.05) is 7.05 Å². The summed E-state index contributed by atoms with van der Waals surface area (Å²) >= 11 is 0. The Balaban J connectivity index is 1.30. The number of hydrogen-bond donors (Lipinski definition) is 1. The predicted molar refractivity (Wildman–Crippen MR) is 149 cm³/mol. The Morgan fingerprint density at radius 2 is 1.85 bits per heavy atom. The lowest BCUT2D eigenvalue weighted by Crippen LogP contribution is -2.46. The summed E-state index contributed by atoms with van der Waals surface area (Å²) in [5, 5.41) is 5.59. The molecule has 0 saturated heterocycles. The van der Waals surface area contributed by atoms with E-state index in [9.17, 15) is 9.59 Å². The van der Waals surface area contributed by atoms with Gasteiger partial charge in [-0.15, -0.1) is 0 Å². The van der Waals surface area contributed by atoms with E-state index in [0.717, 1.165) is 54.0 Å². The Morgan fingerprint density at radius 3 is 2.59 bits per heavy atom. The summed E-state index contributed by atoms with van der Waals surface area (Å²) in [6.45, 7) is 3.60. The topological polar surface area (TPSA) is 79.7 Å². The van der Waals surface area contributed by atoms with Crippen molar-refractivity contribution in [2.45, 2.75) is 51.7 Å². The number of hydrogen-bond acceptors (Lipinski definition) is 6. The summed E-state index contributed by atoms with van der Waals surface area (Å²) < 4.78 is 2.08. The fourth-order valence-electron chi connectivity index (χ4n) is 5.77. The molecule has 0 bridgehead atoms. The number of hydroxylamine groups is 2. The Hall–Kier alpha value is -3.85. The monoisotopic (exact) mass is 523 g/mol. The molecule has 2 aliphatic rings. The summed E-state index contributed by atoms with van der Waals surface area (Å²) in [5.41, 5.74) is 9.20. The van der Waals surface area contributed by atoms with Crippen LogP contribution in [0.2, 0.25) is 0 Å². The van der Waals surface area contributed by atoms with Gasteiger partial charge in [-0.05, 0) is 52.4 Å². The lowest BCUT2D eigenvalue weighted by molar-refractivity contribution is -0.214. The van der Waals surface area contributed by atoms with Crippen LogP contribution in [0.4, 0.5) is 0 Å². The first-order valence-corrected chi connectivity index (χ1v) is 13.4. The minimum Gasteiger partial charge on any atom is -0.358 e. The molecule has 1 amide bonds. The molecule has 6 rings (SSSR count). The molecule has 1 N–H and O–H groups in total.